The molecule has 2 atom stereocenters. The van der Waals surface area contributed by atoms with Crippen molar-refractivity contribution in [3.8, 4) is 6.07 Å². The van der Waals surface area contributed by atoms with Crippen molar-refractivity contribution in [1.82, 2.24) is 0 Å². The van der Waals surface area contributed by atoms with E-state index in [0.717, 1.165) is 0 Å². The fourth-order valence-electron chi connectivity index (χ4n) is 0.331. The van der Waals surface area contributed by atoms with Crippen LogP contribution in [-0.4, -0.2) is 18.5 Å². The highest BCUT2D eigenvalue weighted by molar-refractivity contribution is 5.61. The standard InChI is InChI=1S/C4H3NO2/c5-1-3-4(2-6)7-3/h2-4H/t3-,4-/m1/s1. The SMILES string of the molecule is N#C[C@H]1O[C@@H]1C=O. The predicted octanol–water partition coefficient (Wildman–Crippen LogP) is -0.524. The summed E-state index contributed by atoms with van der Waals surface area (Å²) < 4.78 is 4.49. The summed E-state index contributed by atoms with van der Waals surface area (Å²) in [6.45, 7) is 0. The molecule has 0 spiro atoms. The van der Waals surface area contributed by atoms with Crippen LogP contribution in [0.25, 0.3) is 0 Å². The lowest BCUT2D eigenvalue weighted by Gasteiger charge is -1.57. The second-order valence-electron chi connectivity index (χ2n) is 1.29. The van der Waals surface area contributed by atoms with E-state index in [2.05, 4.69) is 4.74 Å². The van der Waals surface area contributed by atoms with Crippen molar-refractivity contribution in [3.05, 3.63) is 0 Å². The van der Waals surface area contributed by atoms with E-state index in [1.165, 1.54) is 0 Å². The largest absolute Gasteiger partial charge is 0.345 e. The fourth-order valence-corrected chi connectivity index (χ4v) is 0.331. The Labute approximate surface area is 40.5 Å². The molecule has 0 unspecified atom stereocenters. The molecule has 0 aromatic rings. The summed E-state index contributed by atoms with van der Waals surface area (Å²) in [5.41, 5.74) is 0. The molecule has 0 aromatic heterocycles. The van der Waals surface area contributed by atoms with Gasteiger partial charge in [0.2, 0.25) is 0 Å². The molecule has 0 aliphatic carbocycles. The number of nitrogens with zero attached hydrogens (tertiary/aromatic N) is 1. The van der Waals surface area contributed by atoms with Crippen LogP contribution in [0.15, 0.2) is 0 Å². The van der Waals surface area contributed by atoms with Crippen LogP contribution >= 0.6 is 0 Å². The van der Waals surface area contributed by atoms with Gasteiger partial charge in [0.15, 0.2) is 18.5 Å². The lowest BCUT2D eigenvalue weighted by atomic mass is 10.4. The van der Waals surface area contributed by atoms with Crippen LogP contribution in [0.3, 0.4) is 0 Å². The number of aldehydes is 1. The summed E-state index contributed by atoms with van der Waals surface area (Å²) in [5, 5.41) is 7.97. The molecule has 0 bridgehead atoms. The van der Waals surface area contributed by atoms with E-state index in [4.69, 9.17) is 5.26 Å². The van der Waals surface area contributed by atoms with Crippen molar-refractivity contribution in [2.24, 2.45) is 0 Å². The summed E-state index contributed by atoms with van der Waals surface area (Å²) in [6.07, 6.45) is -0.240. The molecule has 36 valence electrons. The Morgan fingerprint density at radius 2 is 2.57 bits per heavy atom. The Bertz CT molecular complexity index is 126. The van der Waals surface area contributed by atoms with Crippen molar-refractivity contribution in [3.63, 3.8) is 0 Å². The number of hydrogen-bond donors (Lipinski definition) is 0. The van der Waals surface area contributed by atoms with Crippen LogP contribution in [0.1, 0.15) is 0 Å². The van der Waals surface area contributed by atoms with Crippen LogP contribution in [-0.2, 0) is 9.53 Å². The van der Waals surface area contributed by atoms with E-state index in [1.807, 2.05) is 0 Å². The number of nitriles is 1. The highest BCUT2D eigenvalue weighted by Gasteiger charge is 2.38. The smallest absolute Gasteiger partial charge is 0.177 e. The highest BCUT2D eigenvalue weighted by Crippen LogP contribution is 2.17. The van der Waals surface area contributed by atoms with Gasteiger partial charge in [0.25, 0.3) is 0 Å². The topological polar surface area (TPSA) is 53.4 Å². The molecule has 1 aliphatic rings. The average Bonchev–Trinajstić information content (AvgIpc) is 2.43. The lowest BCUT2D eigenvalue weighted by Crippen LogP contribution is -1.88. The maximum Gasteiger partial charge on any atom is 0.177 e. The van der Waals surface area contributed by atoms with Gasteiger partial charge in [0.05, 0.1) is 6.07 Å². The number of hydrogen-bond acceptors (Lipinski definition) is 3. The van der Waals surface area contributed by atoms with E-state index in [0.29, 0.717) is 6.29 Å². The van der Waals surface area contributed by atoms with Crippen molar-refractivity contribution < 1.29 is 9.53 Å². The molecule has 0 aromatic carbocycles. The third-order valence-electron chi connectivity index (χ3n) is 0.787. The second-order valence-corrected chi connectivity index (χ2v) is 1.29. The van der Waals surface area contributed by atoms with Crippen LogP contribution in [0.4, 0.5) is 0 Å². The van der Waals surface area contributed by atoms with Gasteiger partial charge < -0.3 is 9.53 Å². The minimum absolute atomic E-state index is 0.426. The Morgan fingerprint density at radius 3 is 2.71 bits per heavy atom. The average molecular weight is 97.1 g/mol. The minimum atomic E-state index is -0.447. The molecule has 1 saturated heterocycles. The lowest BCUT2D eigenvalue weighted by molar-refractivity contribution is -0.108. The quantitative estimate of drug-likeness (QED) is 0.326. The van der Waals surface area contributed by atoms with Gasteiger partial charge in [-0.15, -0.1) is 0 Å². The molecule has 0 radical (unpaired) electrons. The molecule has 0 saturated carbocycles. The van der Waals surface area contributed by atoms with E-state index < -0.39 is 12.2 Å². The maximum atomic E-state index is 9.66. The first-order valence-corrected chi connectivity index (χ1v) is 1.89. The molecule has 0 N–H and O–H groups in total. The van der Waals surface area contributed by atoms with Gasteiger partial charge in [-0.25, -0.2) is 0 Å². The number of rotatable bonds is 1. The summed E-state index contributed by atoms with van der Waals surface area (Å²) in [4.78, 5) is 9.66. The Kier molecular flexibility index (Phi) is 0.807. The number of carbonyl (C=O) groups is 1. The van der Waals surface area contributed by atoms with Gasteiger partial charge in [0, 0.05) is 0 Å². The highest BCUT2D eigenvalue weighted by atomic mass is 16.6. The zero-order chi connectivity index (χ0) is 5.28. The molecule has 1 rings (SSSR count). The molecule has 1 heterocycles. The van der Waals surface area contributed by atoms with Crippen LogP contribution < -0.4 is 0 Å². The van der Waals surface area contributed by atoms with E-state index >= 15 is 0 Å². The molecule has 3 heteroatoms. The fraction of sp³-hybridized carbons (Fsp3) is 0.500. The Hall–Kier alpha value is -0.880. The van der Waals surface area contributed by atoms with Crippen LogP contribution in [0.5, 0.6) is 0 Å². The molecule has 0 amide bonds. The molecule has 1 aliphatic heterocycles. The van der Waals surface area contributed by atoms with Crippen molar-refractivity contribution in [1.29, 1.82) is 5.26 Å². The van der Waals surface area contributed by atoms with Gasteiger partial charge in [-0.3, -0.25) is 0 Å². The van der Waals surface area contributed by atoms with Gasteiger partial charge in [0.1, 0.15) is 0 Å². The molecule has 3 nitrogen and oxygen atoms in total. The second kappa shape index (κ2) is 1.32. The minimum Gasteiger partial charge on any atom is -0.345 e. The van der Waals surface area contributed by atoms with Crippen molar-refractivity contribution >= 4 is 6.29 Å². The first kappa shape index (κ1) is 4.28. The number of carbonyl (C=O) groups excluding carboxylic acids is 1. The first-order chi connectivity index (χ1) is 3.38. The van der Waals surface area contributed by atoms with E-state index in [-0.39, 0.29) is 0 Å². The van der Waals surface area contributed by atoms with E-state index in [9.17, 15) is 4.79 Å². The molecule has 1 fully saturated rings. The predicted molar refractivity (Wildman–Crippen MR) is 20.3 cm³/mol. The molecule has 7 heavy (non-hydrogen) atoms. The zero-order valence-corrected chi connectivity index (χ0v) is 3.50. The zero-order valence-electron chi connectivity index (χ0n) is 3.50. The molecular weight excluding hydrogens is 94.0 g/mol. The monoisotopic (exact) mass is 97.0 g/mol. The summed E-state index contributed by atoms with van der Waals surface area (Å²) in [5.74, 6) is 0. The van der Waals surface area contributed by atoms with Crippen LogP contribution in [0, 0.1) is 11.3 Å². The van der Waals surface area contributed by atoms with Crippen LogP contribution in [0.2, 0.25) is 0 Å². The van der Waals surface area contributed by atoms with Gasteiger partial charge >= 0.3 is 0 Å². The van der Waals surface area contributed by atoms with Crippen molar-refractivity contribution in [2.75, 3.05) is 0 Å². The van der Waals surface area contributed by atoms with Crippen molar-refractivity contribution in [2.45, 2.75) is 12.2 Å². The Balaban J connectivity index is 2.34. The Morgan fingerprint density at radius 1 is 1.86 bits per heavy atom. The number of epoxide rings is 1. The van der Waals surface area contributed by atoms with Gasteiger partial charge in [-0.2, -0.15) is 5.26 Å². The first-order valence-electron chi connectivity index (χ1n) is 1.89. The third kappa shape index (κ3) is 0.599. The molecular formula is C4H3NO2. The summed E-state index contributed by atoms with van der Waals surface area (Å²) in [6, 6.07) is 1.79. The third-order valence-corrected chi connectivity index (χ3v) is 0.787. The number of ether oxygens (including phenoxy) is 1. The van der Waals surface area contributed by atoms with Gasteiger partial charge in [-0.05, 0) is 0 Å². The van der Waals surface area contributed by atoms with Gasteiger partial charge in [-0.1, -0.05) is 0 Å². The maximum absolute atomic E-state index is 9.66. The summed E-state index contributed by atoms with van der Waals surface area (Å²) >= 11 is 0. The summed E-state index contributed by atoms with van der Waals surface area (Å²) in [7, 11) is 0. The van der Waals surface area contributed by atoms with E-state index in [1.54, 1.807) is 6.07 Å². The normalized spacial score (nSPS) is 36.4.